The standard InChI is InChI=1S/C15H21N5O2S/c1-10-11(2)18-19-15(14(10)9-16)17-12-5-7-20(8-6-12)23(21,22)13-3-4-13/h12-13H,3-8H2,1-2H3,(H,17,19). The van der Waals surface area contributed by atoms with Crippen LogP contribution in [0.3, 0.4) is 0 Å². The summed E-state index contributed by atoms with van der Waals surface area (Å²) < 4.78 is 26.1. The third kappa shape index (κ3) is 3.16. The number of rotatable bonds is 4. The lowest BCUT2D eigenvalue weighted by Gasteiger charge is -2.32. The zero-order valence-electron chi connectivity index (χ0n) is 13.4. The fraction of sp³-hybridized carbons (Fsp3) is 0.667. The normalized spacial score (nSPS) is 20.2. The highest BCUT2D eigenvalue weighted by molar-refractivity contribution is 7.90. The van der Waals surface area contributed by atoms with E-state index in [1.54, 1.807) is 4.31 Å². The first-order valence-corrected chi connectivity index (χ1v) is 9.43. The van der Waals surface area contributed by atoms with E-state index >= 15 is 0 Å². The number of aromatic nitrogens is 2. The largest absolute Gasteiger partial charge is 0.365 e. The van der Waals surface area contributed by atoms with Crippen molar-refractivity contribution in [3.8, 4) is 6.07 Å². The zero-order chi connectivity index (χ0) is 16.6. The second kappa shape index (κ2) is 6.06. The Kier molecular flexibility index (Phi) is 4.25. The minimum absolute atomic E-state index is 0.115. The Morgan fingerprint density at radius 2 is 1.83 bits per heavy atom. The number of aryl methyl sites for hydroxylation is 1. The lowest BCUT2D eigenvalue weighted by Crippen LogP contribution is -2.43. The Balaban J connectivity index is 1.66. The smallest absolute Gasteiger partial charge is 0.216 e. The van der Waals surface area contributed by atoms with Crippen LogP contribution in [0, 0.1) is 25.2 Å². The topological polar surface area (TPSA) is 99.0 Å². The summed E-state index contributed by atoms with van der Waals surface area (Å²) >= 11 is 0. The molecule has 23 heavy (non-hydrogen) atoms. The number of sulfonamides is 1. The highest BCUT2D eigenvalue weighted by Gasteiger charge is 2.41. The third-order valence-corrected chi connectivity index (χ3v) is 7.07. The Morgan fingerprint density at radius 1 is 1.17 bits per heavy atom. The van der Waals surface area contributed by atoms with Crippen LogP contribution in [0.25, 0.3) is 0 Å². The van der Waals surface area contributed by atoms with Crippen LogP contribution in [0.1, 0.15) is 42.5 Å². The predicted molar refractivity (Wildman–Crippen MR) is 86.4 cm³/mol. The lowest BCUT2D eigenvalue weighted by molar-refractivity contribution is 0.329. The number of hydrogen-bond acceptors (Lipinski definition) is 6. The van der Waals surface area contributed by atoms with Gasteiger partial charge in [-0.2, -0.15) is 10.4 Å². The van der Waals surface area contributed by atoms with Gasteiger partial charge in [0.1, 0.15) is 11.6 Å². The number of piperidine rings is 1. The van der Waals surface area contributed by atoms with Gasteiger partial charge in [-0.1, -0.05) is 0 Å². The van der Waals surface area contributed by atoms with Crippen molar-refractivity contribution in [1.82, 2.24) is 14.5 Å². The van der Waals surface area contributed by atoms with Gasteiger partial charge in [0, 0.05) is 19.1 Å². The van der Waals surface area contributed by atoms with Gasteiger partial charge < -0.3 is 5.32 Å². The minimum Gasteiger partial charge on any atom is -0.365 e. The third-order valence-electron chi connectivity index (χ3n) is 4.67. The van der Waals surface area contributed by atoms with Gasteiger partial charge in [0.25, 0.3) is 0 Å². The van der Waals surface area contributed by atoms with Gasteiger partial charge >= 0.3 is 0 Å². The molecule has 0 amide bonds. The molecule has 2 aliphatic rings. The van der Waals surface area contributed by atoms with Gasteiger partial charge in [-0.05, 0) is 45.1 Å². The van der Waals surface area contributed by atoms with E-state index in [0.717, 1.165) is 24.1 Å². The molecule has 2 heterocycles. The van der Waals surface area contributed by atoms with Gasteiger partial charge in [-0.3, -0.25) is 0 Å². The first kappa shape index (κ1) is 16.1. The van der Waals surface area contributed by atoms with E-state index in [4.69, 9.17) is 0 Å². The number of anilines is 1. The maximum atomic E-state index is 12.2. The molecule has 3 rings (SSSR count). The van der Waals surface area contributed by atoms with Gasteiger partial charge in [0.05, 0.1) is 10.9 Å². The number of nitriles is 1. The SMILES string of the molecule is Cc1nnc(NC2CCN(S(=O)(=O)C3CC3)CC2)c(C#N)c1C. The molecular weight excluding hydrogens is 314 g/mol. The van der Waals surface area contributed by atoms with Crippen molar-refractivity contribution in [3.05, 3.63) is 16.8 Å². The number of hydrogen-bond donors (Lipinski definition) is 1. The van der Waals surface area contributed by atoms with E-state index < -0.39 is 10.0 Å². The van der Waals surface area contributed by atoms with Crippen molar-refractivity contribution in [3.63, 3.8) is 0 Å². The molecule has 1 aromatic heterocycles. The Hall–Kier alpha value is -1.72. The maximum absolute atomic E-state index is 12.2. The summed E-state index contributed by atoms with van der Waals surface area (Å²) in [6.07, 6.45) is 3.02. The molecule has 124 valence electrons. The molecule has 1 aromatic rings. The average Bonchev–Trinajstić information content (AvgIpc) is 3.37. The predicted octanol–water partition coefficient (Wildman–Crippen LogP) is 1.33. The highest BCUT2D eigenvalue weighted by atomic mass is 32.2. The van der Waals surface area contributed by atoms with E-state index in [1.165, 1.54) is 0 Å². The Bertz CT molecular complexity index is 744. The first-order valence-electron chi connectivity index (χ1n) is 7.93. The van der Waals surface area contributed by atoms with E-state index in [1.807, 2.05) is 13.8 Å². The summed E-state index contributed by atoms with van der Waals surface area (Å²) in [7, 11) is -3.09. The van der Waals surface area contributed by atoms with Crippen molar-refractivity contribution in [1.29, 1.82) is 5.26 Å². The van der Waals surface area contributed by atoms with Gasteiger partial charge in [0.15, 0.2) is 5.82 Å². The molecule has 0 radical (unpaired) electrons. The average molecular weight is 335 g/mol. The van der Waals surface area contributed by atoms with Crippen molar-refractivity contribution >= 4 is 15.8 Å². The van der Waals surface area contributed by atoms with E-state index in [0.29, 0.717) is 37.3 Å². The van der Waals surface area contributed by atoms with Crippen molar-refractivity contribution in [2.75, 3.05) is 18.4 Å². The highest BCUT2D eigenvalue weighted by Crippen LogP contribution is 2.32. The van der Waals surface area contributed by atoms with Crippen LogP contribution in [0.15, 0.2) is 0 Å². The molecule has 1 N–H and O–H groups in total. The van der Waals surface area contributed by atoms with Crippen LogP contribution in [-0.2, 0) is 10.0 Å². The van der Waals surface area contributed by atoms with Crippen LogP contribution in [-0.4, -0.2) is 47.3 Å². The number of nitrogens with zero attached hydrogens (tertiary/aromatic N) is 4. The van der Waals surface area contributed by atoms with E-state index in [9.17, 15) is 13.7 Å². The van der Waals surface area contributed by atoms with Crippen LogP contribution in [0.5, 0.6) is 0 Å². The monoisotopic (exact) mass is 335 g/mol. The molecule has 2 fully saturated rings. The van der Waals surface area contributed by atoms with Crippen molar-refractivity contribution in [2.24, 2.45) is 0 Å². The molecule has 1 saturated carbocycles. The fourth-order valence-corrected chi connectivity index (χ4v) is 4.74. The molecule has 0 spiro atoms. The van der Waals surface area contributed by atoms with Gasteiger partial charge in [0.2, 0.25) is 10.0 Å². The van der Waals surface area contributed by atoms with Crippen LogP contribution < -0.4 is 5.32 Å². The first-order chi connectivity index (χ1) is 10.9. The summed E-state index contributed by atoms with van der Waals surface area (Å²) in [6.45, 7) is 4.74. The fourth-order valence-electron chi connectivity index (χ4n) is 2.87. The molecular formula is C15H21N5O2S. The van der Waals surface area contributed by atoms with Gasteiger partial charge in [-0.25, -0.2) is 12.7 Å². The minimum atomic E-state index is -3.09. The lowest BCUT2D eigenvalue weighted by atomic mass is 10.1. The van der Waals surface area contributed by atoms with Crippen molar-refractivity contribution in [2.45, 2.75) is 50.8 Å². The zero-order valence-corrected chi connectivity index (χ0v) is 14.2. The molecule has 0 bridgehead atoms. The summed E-state index contributed by atoms with van der Waals surface area (Å²) in [6, 6.07) is 2.29. The van der Waals surface area contributed by atoms with Crippen LogP contribution in [0.2, 0.25) is 0 Å². The molecule has 0 aromatic carbocycles. The van der Waals surface area contributed by atoms with Crippen LogP contribution >= 0.6 is 0 Å². The summed E-state index contributed by atoms with van der Waals surface area (Å²) in [5.41, 5.74) is 2.10. The quantitative estimate of drug-likeness (QED) is 0.891. The Morgan fingerprint density at radius 3 is 2.39 bits per heavy atom. The molecule has 1 aliphatic heterocycles. The van der Waals surface area contributed by atoms with E-state index in [2.05, 4.69) is 21.6 Å². The van der Waals surface area contributed by atoms with Crippen molar-refractivity contribution < 1.29 is 8.42 Å². The van der Waals surface area contributed by atoms with E-state index in [-0.39, 0.29) is 11.3 Å². The second-order valence-corrected chi connectivity index (χ2v) is 8.52. The van der Waals surface area contributed by atoms with Crippen LogP contribution in [0.4, 0.5) is 5.82 Å². The second-order valence-electron chi connectivity index (χ2n) is 6.31. The molecule has 0 atom stereocenters. The molecule has 1 aliphatic carbocycles. The molecule has 0 unspecified atom stereocenters. The summed E-state index contributed by atoms with van der Waals surface area (Å²) in [5.74, 6) is 0.499. The van der Waals surface area contributed by atoms with Gasteiger partial charge in [-0.15, -0.1) is 5.10 Å². The molecule has 8 heteroatoms. The summed E-state index contributed by atoms with van der Waals surface area (Å²) in [4.78, 5) is 0. The molecule has 1 saturated heterocycles. The maximum Gasteiger partial charge on any atom is 0.216 e. The number of nitrogens with one attached hydrogen (secondary N) is 1. The summed E-state index contributed by atoms with van der Waals surface area (Å²) in [5, 5.41) is 20.6. The molecule has 7 nitrogen and oxygen atoms in total. The Labute approximate surface area is 136 Å².